The van der Waals surface area contributed by atoms with Crippen LogP contribution in [0.4, 0.5) is 4.39 Å². The third-order valence-corrected chi connectivity index (χ3v) is 5.48. The lowest BCUT2D eigenvalue weighted by molar-refractivity contribution is -0.181. The van der Waals surface area contributed by atoms with E-state index >= 15 is 0 Å². The zero-order valence-electron chi connectivity index (χ0n) is 21.0. The van der Waals surface area contributed by atoms with Gasteiger partial charge in [-0.25, -0.2) is 4.39 Å². The van der Waals surface area contributed by atoms with Crippen molar-refractivity contribution in [3.63, 3.8) is 0 Å². The number of carbonyl (C=O) groups excluding carboxylic acids is 3. The predicted octanol–water partition coefficient (Wildman–Crippen LogP) is 4.25. The highest BCUT2D eigenvalue weighted by molar-refractivity contribution is 5.80. The second kappa shape index (κ2) is 12.3. The fourth-order valence-electron chi connectivity index (χ4n) is 3.75. The van der Waals surface area contributed by atoms with Gasteiger partial charge in [-0.05, 0) is 58.2 Å². The molecule has 34 heavy (non-hydrogen) atoms. The summed E-state index contributed by atoms with van der Waals surface area (Å²) in [5, 5.41) is 0. The van der Waals surface area contributed by atoms with Crippen molar-refractivity contribution in [2.75, 3.05) is 13.2 Å². The van der Waals surface area contributed by atoms with Crippen LogP contribution in [0, 0.1) is 23.6 Å². The molecule has 0 bridgehead atoms. The molecule has 0 radical (unpaired) electrons. The van der Waals surface area contributed by atoms with E-state index in [9.17, 15) is 18.8 Å². The molecule has 0 spiro atoms. The van der Waals surface area contributed by atoms with Gasteiger partial charge in [0.15, 0.2) is 0 Å². The maximum absolute atomic E-state index is 13.4. The van der Waals surface area contributed by atoms with E-state index in [1.165, 1.54) is 12.1 Å². The third-order valence-electron chi connectivity index (χ3n) is 5.48. The van der Waals surface area contributed by atoms with Crippen LogP contribution in [-0.2, 0) is 39.8 Å². The zero-order chi connectivity index (χ0) is 25.5. The first-order valence-electron chi connectivity index (χ1n) is 11.8. The molecule has 190 valence electrons. The molecule has 0 N–H and O–H groups in total. The Bertz CT molecular complexity index is 829. The lowest BCUT2D eigenvalue weighted by Gasteiger charge is -2.34. The monoisotopic (exact) mass is 480 g/mol. The Hall–Kier alpha value is -2.48. The van der Waals surface area contributed by atoms with Crippen molar-refractivity contribution in [3.05, 3.63) is 35.6 Å². The molecule has 0 aromatic heterocycles. The number of carbonyl (C=O) groups is 3. The lowest BCUT2D eigenvalue weighted by Crippen LogP contribution is -2.43. The van der Waals surface area contributed by atoms with Gasteiger partial charge in [-0.1, -0.05) is 26.0 Å². The van der Waals surface area contributed by atoms with E-state index in [1.807, 2.05) is 0 Å². The standard InChI is InChI=1S/C26H37FO7/c1-16(2)24(29)33-23-17(3)32-25(30)20(14-22(28)34-26(4,5)6)15-31-12-11-19(23)13-18-7-9-21(27)10-8-18/h7-10,16-17,19-20,23H,11-15H2,1-6H3/t17-,19+,20-,23-/m0/s1. The van der Waals surface area contributed by atoms with Crippen molar-refractivity contribution in [1.29, 1.82) is 0 Å². The second-order valence-electron chi connectivity index (χ2n) is 10.1. The van der Waals surface area contributed by atoms with Crippen molar-refractivity contribution < 1.29 is 37.7 Å². The minimum absolute atomic E-state index is 0.0184. The molecule has 0 aliphatic carbocycles. The van der Waals surface area contributed by atoms with E-state index in [1.54, 1.807) is 53.7 Å². The summed E-state index contributed by atoms with van der Waals surface area (Å²) in [6, 6.07) is 6.13. The minimum atomic E-state index is -0.826. The van der Waals surface area contributed by atoms with Gasteiger partial charge >= 0.3 is 17.9 Å². The summed E-state index contributed by atoms with van der Waals surface area (Å²) >= 11 is 0. The number of hydrogen-bond donors (Lipinski definition) is 0. The highest BCUT2D eigenvalue weighted by Crippen LogP contribution is 2.27. The Morgan fingerprint density at radius 1 is 1.18 bits per heavy atom. The largest absolute Gasteiger partial charge is 0.460 e. The fraction of sp³-hybridized carbons (Fsp3) is 0.654. The van der Waals surface area contributed by atoms with Crippen LogP contribution in [0.1, 0.15) is 59.9 Å². The van der Waals surface area contributed by atoms with Crippen LogP contribution in [0.5, 0.6) is 0 Å². The Morgan fingerprint density at radius 3 is 2.41 bits per heavy atom. The van der Waals surface area contributed by atoms with Gasteiger partial charge in [-0.15, -0.1) is 0 Å². The molecule has 7 nitrogen and oxygen atoms in total. The summed E-state index contributed by atoms with van der Waals surface area (Å²) < 4.78 is 35.9. The molecular formula is C26H37FO7. The van der Waals surface area contributed by atoms with E-state index in [4.69, 9.17) is 18.9 Å². The SMILES string of the molecule is CC(C)C(=O)O[C@@H]1[C@@H](Cc2ccc(F)cc2)CCOC[C@H](CC(=O)OC(C)(C)C)C(=O)O[C@H]1C. The van der Waals surface area contributed by atoms with Crippen LogP contribution in [0.3, 0.4) is 0 Å². The van der Waals surface area contributed by atoms with Gasteiger partial charge in [0.25, 0.3) is 0 Å². The van der Waals surface area contributed by atoms with E-state index in [0.29, 0.717) is 19.4 Å². The predicted molar refractivity (Wildman–Crippen MR) is 123 cm³/mol. The summed E-state index contributed by atoms with van der Waals surface area (Å²) in [5.74, 6) is -3.27. The van der Waals surface area contributed by atoms with Crippen molar-refractivity contribution in [2.24, 2.45) is 17.8 Å². The molecule has 0 amide bonds. The zero-order valence-corrected chi connectivity index (χ0v) is 21.0. The van der Waals surface area contributed by atoms with Crippen LogP contribution < -0.4 is 0 Å². The normalized spacial score (nSPS) is 24.3. The van der Waals surface area contributed by atoms with Crippen molar-refractivity contribution >= 4 is 17.9 Å². The van der Waals surface area contributed by atoms with Crippen molar-refractivity contribution in [1.82, 2.24) is 0 Å². The Balaban J connectivity index is 2.22. The quantitative estimate of drug-likeness (QED) is 0.444. The molecule has 1 aliphatic rings. The average molecular weight is 481 g/mol. The van der Waals surface area contributed by atoms with Gasteiger partial charge in [0.05, 0.1) is 24.9 Å². The van der Waals surface area contributed by atoms with Gasteiger partial charge in [-0.2, -0.15) is 0 Å². The molecular weight excluding hydrogens is 443 g/mol. The van der Waals surface area contributed by atoms with Gasteiger partial charge in [0.1, 0.15) is 23.6 Å². The topological polar surface area (TPSA) is 88.1 Å². The molecule has 1 saturated heterocycles. The molecule has 4 atom stereocenters. The first kappa shape index (κ1) is 27.8. The summed E-state index contributed by atoms with van der Waals surface area (Å²) in [6.07, 6.45) is -0.636. The number of ether oxygens (including phenoxy) is 4. The van der Waals surface area contributed by atoms with E-state index < -0.39 is 41.6 Å². The van der Waals surface area contributed by atoms with Crippen LogP contribution >= 0.6 is 0 Å². The summed E-state index contributed by atoms with van der Waals surface area (Å²) in [6.45, 7) is 10.7. The minimum Gasteiger partial charge on any atom is -0.460 e. The average Bonchev–Trinajstić information content (AvgIpc) is 2.72. The molecule has 8 heteroatoms. The van der Waals surface area contributed by atoms with Crippen LogP contribution in [0.15, 0.2) is 24.3 Å². The first-order chi connectivity index (χ1) is 15.9. The number of rotatable bonds is 6. The molecule has 1 aromatic rings. The van der Waals surface area contributed by atoms with Crippen LogP contribution in [0.25, 0.3) is 0 Å². The number of benzene rings is 1. The second-order valence-corrected chi connectivity index (χ2v) is 10.1. The molecule has 1 aliphatic heterocycles. The molecule has 0 saturated carbocycles. The highest BCUT2D eigenvalue weighted by atomic mass is 19.1. The smallest absolute Gasteiger partial charge is 0.312 e. The van der Waals surface area contributed by atoms with Crippen molar-refractivity contribution in [3.8, 4) is 0 Å². The maximum Gasteiger partial charge on any atom is 0.312 e. The molecule has 1 heterocycles. The van der Waals surface area contributed by atoms with Gasteiger partial charge in [0.2, 0.25) is 0 Å². The van der Waals surface area contributed by atoms with Gasteiger partial charge < -0.3 is 18.9 Å². The Kier molecular flexibility index (Phi) is 10.0. The van der Waals surface area contributed by atoms with E-state index in [2.05, 4.69) is 0 Å². The Morgan fingerprint density at radius 2 is 1.82 bits per heavy atom. The van der Waals surface area contributed by atoms with E-state index in [-0.39, 0.29) is 30.7 Å². The fourth-order valence-corrected chi connectivity index (χ4v) is 3.75. The van der Waals surface area contributed by atoms with Crippen LogP contribution in [-0.4, -0.2) is 48.9 Å². The number of hydrogen-bond acceptors (Lipinski definition) is 7. The van der Waals surface area contributed by atoms with Crippen molar-refractivity contribution in [2.45, 2.75) is 78.6 Å². The highest BCUT2D eigenvalue weighted by Gasteiger charge is 2.37. The Labute approximate surface area is 201 Å². The molecule has 0 unspecified atom stereocenters. The molecule has 1 fully saturated rings. The van der Waals surface area contributed by atoms with Gasteiger partial charge in [0, 0.05) is 12.5 Å². The maximum atomic E-state index is 13.4. The lowest BCUT2D eigenvalue weighted by atomic mass is 9.88. The third kappa shape index (κ3) is 9.05. The number of esters is 3. The summed E-state index contributed by atoms with van der Waals surface area (Å²) in [7, 11) is 0. The summed E-state index contributed by atoms with van der Waals surface area (Å²) in [4.78, 5) is 37.7. The van der Waals surface area contributed by atoms with Crippen LogP contribution in [0.2, 0.25) is 0 Å². The molecule has 2 rings (SSSR count). The van der Waals surface area contributed by atoms with Gasteiger partial charge in [-0.3, -0.25) is 14.4 Å². The first-order valence-corrected chi connectivity index (χ1v) is 11.8. The van der Waals surface area contributed by atoms with E-state index in [0.717, 1.165) is 5.56 Å². The number of halogens is 1. The number of cyclic esters (lactones) is 1. The molecule has 1 aromatic carbocycles. The summed E-state index contributed by atoms with van der Waals surface area (Å²) in [5.41, 5.74) is 0.199.